The first kappa shape index (κ1) is 13.7. The van der Waals surface area contributed by atoms with Crippen molar-refractivity contribution in [2.24, 2.45) is 0 Å². The lowest BCUT2D eigenvalue weighted by atomic mass is 10.2. The summed E-state index contributed by atoms with van der Waals surface area (Å²) in [4.78, 5) is 13.1. The van der Waals surface area contributed by atoms with Gasteiger partial charge in [-0.2, -0.15) is 0 Å². The van der Waals surface area contributed by atoms with Crippen molar-refractivity contribution in [3.05, 3.63) is 23.8 Å². The van der Waals surface area contributed by atoms with Crippen LogP contribution in [0.4, 0.5) is 0 Å². The molecule has 104 valence electrons. The summed E-state index contributed by atoms with van der Waals surface area (Å²) in [6.45, 7) is 3.19. The molecule has 0 spiro atoms. The average Bonchev–Trinajstić information content (AvgIpc) is 2.62. The minimum absolute atomic E-state index is 0.299. The molecule has 0 fully saturated rings. The van der Waals surface area contributed by atoms with Gasteiger partial charge in [0.2, 0.25) is 0 Å². The summed E-state index contributed by atoms with van der Waals surface area (Å²) in [5.41, 5.74) is 0.945. The second-order valence-electron chi connectivity index (χ2n) is 4.70. The molecule has 1 N–H and O–H groups in total. The Bertz CT molecular complexity index is 459. The third-order valence-electron chi connectivity index (χ3n) is 2.97. The van der Waals surface area contributed by atoms with Gasteiger partial charge >= 0.3 is 0 Å². The predicted octanol–water partition coefficient (Wildman–Crippen LogP) is 1.19. The third-order valence-corrected chi connectivity index (χ3v) is 2.97. The molecule has 19 heavy (non-hydrogen) atoms. The number of aliphatic hydroxyl groups is 1. The number of carbonyl (C=O) groups excluding carboxylic acids is 1. The van der Waals surface area contributed by atoms with Crippen LogP contribution in [0.2, 0.25) is 0 Å². The summed E-state index contributed by atoms with van der Waals surface area (Å²) in [5, 5.41) is 9.26. The van der Waals surface area contributed by atoms with E-state index in [1.165, 1.54) is 11.8 Å². The second-order valence-corrected chi connectivity index (χ2v) is 4.70. The first-order chi connectivity index (χ1) is 9.08. The van der Waals surface area contributed by atoms with Crippen LogP contribution < -0.4 is 9.47 Å². The summed E-state index contributed by atoms with van der Waals surface area (Å²) < 4.78 is 11.1. The molecule has 1 atom stereocenters. The van der Waals surface area contributed by atoms with Gasteiger partial charge in [0.05, 0.1) is 13.2 Å². The van der Waals surface area contributed by atoms with Gasteiger partial charge in [-0.15, -0.1) is 0 Å². The average molecular weight is 265 g/mol. The van der Waals surface area contributed by atoms with Gasteiger partial charge in [-0.3, -0.25) is 4.79 Å². The maximum Gasteiger partial charge on any atom is 0.251 e. The van der Waals surface area contributed by atoms with E-state index in [4.69, 9.17) is 9.47 Å². The molecule has 0 saturated heterocycles. The van der Waals surface area contributed by atoms with E-state index in [1.54, 1.807) is 7.05 Å². The number of likely N-dealkylation sites (N-methyl/N-ethyl adjacent to an activating group) is 1. The fourth-order valence-corrected chi connectivity index (χ4v) is 1.98. The molecule has 1 aliphatic heterocycles. The number of carbonyl (C=O) groups is 1. The standard InChI is InChI=1S/C14H19NO4/c1-10(16)14(17)15(2)9-11-4-5-12-13(8-11)19-7-3-6-18-12/h4-5,8,10,16H,3,6-7,9H2,1-2H3. The third kappa shape index (κ3) is 3.38. The lowest BCUT2D eigenvalue weighted by molar-refractivity contribution is -0.138. The minimum atomic E-state index is -0.981. The van der Waals surface area contributed by atoms with E-state index in [2.05, 4.69) is 0 Å². The van der Waals surface area contributed by atoms with Crippen LogP contribution in [0.25, 0.3) is 0 Å². The molecular formula is C14H19NO4. The van der Waals surface area contributed by atoms with Crippen LogP contribution in [0.15, 0.2) is 18.2 Å². The Hall–Kier alpha value is -1.75. The van der Waals surface area contributed by atoms with E-state index in [0.29, 0.717) is 25.5 Å². The van der Waals surface area contributed by atoms with Crippen LogP contribution in [0, 0.1) is 0 Å². The quantitative estimate of drug-likeness (QED) is 0.891. The normalized spacial score (nSPS) is 15.5. The van der Waals surface area contributed by atoms with Gasteiger partial charge in [-0.05, 0) is 24.6 Å². The molecule has 0 aromatic heterocycles. The zero-order chi connectivity index (χ0) is 13.8. The van der Waals surface area contributed by atoms with Crippen LogP contribution in [0.3, 0.4) is 0 Å². The van der Waals surface area contributed by atoms with Gasteiger partial charge in [-0.1, -0.05) is 6.07 Å². The molecule has 0 aliphatic carbocycles. The van der Waals surface area contributed by atoms with E-state index >= 15 is 0 Å². The summed E-state index contributed by atoms with van der Waals surface area (Å²) in [6, 6.07) is 5.64. The molecule has 2 rings (SSSR count). The van der Waals surface area contributed by atoms with Crippen LogP contribution in [-0.4, -0.2) is 42.3 Å². The molecule has 1 aromatic rings. The Morgan fingerprint density at radius 3 is 2.74 bits per heavy atom. The highest BCUT2D eigenvalue weighted by atomic mass is 16.5. The summed E-state index contributed by atoms with van der Waals surface area (Å²) in [7, 11) is 1.66. The number of hydrogen-bond donors (Lipinski definition) is 1. The monoisotopic (exact) mass is 265 g/mol. The molecule has 5 heteroatoms. The van der Waals surface area contributed by atoms with Crippen molar-refractivity contribution >= 4 is 5.91 Å². The number of hydrogen-bond acceptors (Lipinski definition) is 4. The molecule has 0 radical (unpaired) electrons. The van der Waals surface area contributed by atoms with Gasteiger partial charge in [0, 0.05) is 20.0 Å². The molecule has 1 unspecified atom stereocenters. The molecule has 1 aromatic carbocycles. The van der Waals surface area contributed by atoms with E-state index in [-0.39, 0.29) is 5.91 Å². The van der Waals surface area contributed by atoms with Gasteiger partial charge in [0.1, 0.15) is 6.10 Å². The number of fused-ring (bicyclic) bond motifs is 1. The van der Waals surface area contributed by atoms with Crippen molar-refractivity contribution in [2.45, 2.75) is 26.0 Å². The zero-order valence-electron chi connectivity index (χ0n) is 11.3. The molecular weight excluding hydrogens is 246 g/mol. The van der Waals surface area contributed by atoms with E-state index < -0.39 is 6.10 Å². The topological polar surface area (TPSA) is 59.0 Å². The Balaban J connectivity index is 2.09. The van der Waals surface area contributed by atoms with Crippen LogP contribution in [-0.2, 0) is 11.3 Å². The highest BCUT2D eigenvalue weighted by Crippen LogP contribution is 2.30. The highest BCUT2D eigenvalue weighted by Gasteiger charge is 2.16. The first-order valence-electron chi connectivity index (χ1n) is 6.39. The Morgan fingerprint density at radius 2 is 2.05 bits per heavy atom. The largest absolute Gasteiger partial charge is 0.490 e. The van der Waals surface area contributed by atoms with Crippen molar-refractivity contribution in [3.63, 3.8) is 0 Å². The van der Waals surface area contributed by atoms with Gasteiger partial charge in [0.15, 0.2) is 11.5 Å². The zero-order valence-corrected chi connectivity index (χ0v) is 11.3. The second kappa shape index (κ2) is 5.93. The van der Waals surface area contributed by atoms with E-state index in [1.807, 2.05) is 18.2 Å². The lowest BCUT2D eigenvalue weighted by Crippen LogP contribution is -2.34. The molecule has 0 bridgehead atoms. The minimum Gasteiger partial charge on any atom is -0.490 e. The Labute approximate surface area is 112 Å². The van der Waals surface area contributed by atoms with Crippen molar-refractivity contribution in [2.75, 3.05) is 20.3 Å². The summed E-state index contributed by atoms with van der Waals surface area (Å²) in [6.07, 6.45) is -0.116. The van der Waals surface area contributed by atoms with E-state index in [0.717, 1.165) is 17.7 Å². The molecule has 1 heterocycles. The molecule has 0 saturated carbocycles. The SMILES string of the molecule is CC(O)C(=O)N(C)Cc1ccc2c(c1)OCCCO2. The van der Waals surface area contributed by atoms with Crippen molar-refractivity contribution in [1.29, 1.82) is 0 Å². The maximum absolute atomic E-state index is 11.6. The van der Waals surface area contributed by atoms with Gasteiger partial charge in [0.25, 0.3) is 5.91 Å². The molecule has 1 aliphatic rings. The van der Waals surface area contributed by atoms with Crippen molar-refractivity contribution < 1.29 is 19.4 Å². The highest BCUT2D eigenvalue weighted by molar-refractivity contribution is 5.79. The maximum atomic E-state index is 11.6. The van der Waals surface area contributed by atoms with Crippen LogP contribution in [0.5, 0.6) is 11.5 Å². The van der Waals surface area contributed by atoms with Crippen LogP contribution >= 0.6 is 0 Å². The van der Waals surface area contributed by atoms with E-state index in [9.17, 15) is 9.90 Å². The number of rotatable bonds is 3. The van der Waals surface area contributed by atoms with Crippen molar-refractivity contribution in [1.82, 2.24) is 4.90 Å². The number of nitrogens with zero attached hydrogens (tertiary/aromatic N) is 1. The van der Waals surface area contributed by atoms with Crippen LogP contribution in [0.1, 0.15) is 18.9 Å². The number of benzene rings is 1. The molecule has 1 amide bonds. The number of aliphatic hydroxyl groups excluding tert-OH is 1. The fourth-order valence-electron chi connectivity index (χ4n) is 1.98. The van der Waals surface area contributed by atoms with Gasteiger partial charge in [-0.25, -0.2) is 0 Å². The number of amides is 1. The predicted molar refractivity (Wildman–Crippen MR) is 70.2 cm³/mol. The molecule has 5 nitrogen and oxygen atoms in total. The first-order valence-corrected chi connectivity index (χ1v) is 6.39. The Kier molecular flexibility index (Phi) is 4.27. The number of ether oxygens (including phenoxy) is 2. The lowest BCUT2D eigenvalue weighted by Gasteiger charge is -2.19. The van der Waals surface area contributed by atoms with Crippen molar-refractivity contribution in [3.8, 4) is 11.5 Å². The Morgan fingerprint density at radius 1 is 1.37 bits per heavy atom. The fraction of sp³-hybridized carbons (Fsp3) is 0.500. The van der Waals surface area contributed by atoms with Gasteiger partial charge < -0.3 is 19.5 Å². The summed E-state index contributed by atoms with van der Waals surface area (Å²) in [5.74, 6) is 1.16. The summed E-state index contributed by atoms with van der Waals surface area (Å²) >= 11 is 0. The smallest absolute Gasteiger partial charge is 0.251 e.